The van der Waals surface area contributed by atoms with Crippen LogP contribution in [0.3, 0.4) is 0 Å². The van der Waals surface area contributed by atoms with Crippen LogP contribution in [0.25, 0.3) is 0 Å². The van der Waals surface area contributed by atoms with Gasteiger partial charge in [-0.2, -0.15) is 0 Å². The fourth-order valence-electron chi connectivity index (χ4n) is 1.63. The maximum Gasteiger partial charge on any atom is 0.106 e. The normalized spacial score (nSPS) is 11.4. The lowest BCUT2D eigenvalue weighted by Crippen LogP contribution is -2.27. The Labute approximate surface area is 119 Å². The van der Waals surface area contributed by atoms with E-state index >= 15 is 0 Å². The molecule has 0 atom stereocenters. The highest BCUT2D eigenvalue weighted by Gasteiger charge is 2.01. The predicted octanol–water partition coefficient (Wildman–Crippen LogP) is 3.05. The second kappa shape index (κ2) is 8.62. The largest absolute Gasteiger partial charge is 0.311 e. The van der Waals surface area contributed by atoms with E-state index in [0.717, 1.165) is 23.4 Å². The lowest BCUT2D eigenvalue weighted by atomic mass is 10.2. The van der Waals surface area contributed by atoms with Gasteiger partial charge in [0, 0.05) is 12.6 Å². The minimum atomic E-state index is 0.642. The molecular weight excluding hydrogens is 290 g/mol. The molecule has 0 amide bonds. The highest BCUT2D eigenvalue weighted by atomic mass is 79.9. The van der Waals surface area contributed by atoms with Crippen LogP contribution in [0.5, 0.6) is 0 Å². The van der Waals surface area contributed by atoms with Gasteiger partial charge in [-0.25, -0.2) is 4.98 Å². The van der Waals surface area contributed by atoms with Gasteiger partial charge in [-0.15, -0.1) is 0 Å². The van der Waals surface area contributed by atoms with Gasteiger partial charge in [-0.1, -0.05) is 6.07 Å². The van der Waals surface area contributed by atoms with Crippen LogP contribution in [0, 0.1) is 0 Å². The molecule has 18 heavy (non-hydrogen) atoms. The highest BCUT2D eigenvalue weighted by Crippen LogP contribution is 2.05. The van der Waals surface area contributed by atoms with Crippen molar-refractivity contribution in [2.45, 2.75) is 39.3 Å². The molecule has 1 rings (SSSR count). The maximum atomic E-state index is 4.39. The van der Waals surface area contributed by atoms with Crippen molar-refractivity contribution in [3.63, 3.8) is 0 Å². The Morgan fingerprint density at radius 2 is 2.11 bits per heavy atom. The van der Waals surface area contributed by atoms with Crippen molar-refractivity contribution in [1.82, 2.24) is 15.2 Å². The summed E-state index contributed by atoms with van der Waals surface area (Å²) in [7, 11) is 2.18. The molecule has 1 N–H and O–H groups in total. The van der Waals surface area contributed by atoms with Crippen LogP contribution in [0.1, 0.15) is 32.4 Å². The van der Waals surface area contributed by atoms with Crippen molar-refractivity contribution in [2.75, 3.05) is 20.1 Å². The van der Waals surface area contributed by atoms with Gasteiger partial charge in [0.05, 0.1) is 5.69 Å². The number of rotatable bonds is 8. The van der Waals surface area contributed by atoms with Gasteiger partial charge < -0.3 is 10.2 Å². The van der Waals surface area contributed by atoms with Gasteiger partial charge in [0.1, 0.15) is 4.60 Å². The van der Waals surface area contributed by atoms with E-state index in [2.05, 4.69) is 52.0 Å². The molecular formula is C14H24BrN3. The summed E-state index contributed by atoms with van der Waals surface area (Å²) in [5.41, 5.74) is 1.09. The van der Waals surface area contributed by atoms with Crippen molar-refractivity contribution < 1.29 is 0 Å². The SMILES string of the molecule is CC(C)N(C)CCCCNCc1cccc(Br)n1. The first kappa shape index (κ1) is 15.6. The molecule has 0 saturated carbocycles. The topological polar surface area (TPSA) is 28.2 Å². The lowest BCUT2D eigenvalue weighted by molar-refractivity contribution is 0.268. The number of aromatic nitrogens is 1. The van der Waals surface area contributed by atoms with Gasteiger partial charge in [0.25, 0.3) is 0 Å². The average molecular weight is 314 g/mol. The van der Waals surface area contributed by atoms with Crippen molar-refractivity contribution in [3.05, 3.63) is 28.5 Å². The Kier molecular flexibility index (Phi) is 7.47. The molecule has 0 aliphatic carbocycles. The number of hydrogen-bond donors (Lipinski definition) is 1. The van der Waals surface area contributed by atoms with E-state index in [1.807, 2.05) is 18.2 Å². The zero-order chi connectivity index (χ0) is 13.4. The predicted molar refractivity (Wildman–Crippen MR) is 80.6 cm³/mol. The number of nitrogens with zero attached hydrogens (tertiary/aromatic N) is 2. The van der Waals surface area contributed by atoms with Crippen LogP contribution < -0.4 is 5.32 Å². The minimum Gasteiger partial charge on any atom is -0.311 e. The molecule has 0 bridgehead atoms. The highest BCUT2D eigenvalue weighted by molar-refractivity contribution is 9.10. The fourth-order valence-corrected chi connectivity index (χ4v) is 2.02. The lowest BCUT2D eigenvalue weighted by Gasteiger charge is -2.20. The van der Waals surface area contributed by atoms with E-state index in [9.17, 15) is 0 Å². The summed E-state index contributed by atoms with van der Waals surface area (Å²) in [5.74, 6) is 0. The number of hydrogen-bond acceptors (Lipinski definition) is 3. The van der Waals surface area contributed by atoms with E-state index in [1.54, 1.807) is 0 Å². The third kappa shape index (κ3) is 6.47. The first-order valence-electron chi connectivity index (χ1n) is 6.62. The van der Waals surface area contributed by atoms with Crippen molar-refractivity contribution >= 4 is 15.9 Å². The van der Waals surface area contributed by atoms with Crippen molar-refractivity contribution in [1.29, 1.82) is 0 Å². The van der Waals surface area contributed by atoms with E-state index in [-0.39, 0.29) is 0 Å². The number of nitrogens with one attached hydrogen (secondary N) is 1. The minimum absolute atomic E-state index is 0.642. The molecule has 0 unspecified atom stereocenters. The Balaban J connectivity index is 2.05. The van der Waals surface area contributed by atoms with Crippen molar-refractivity contribution in [2.24, 2.45) is 0 Å². The third-order valence-electron chi connectivity index (χ3n) is 3.07. The second-order valence-corrected chi connectivity index (χ2v) is 5.72. The van der Waals surface area contributed by atoms with E-state index in [4.69, 9.17) is 0 Å². The van der Waals surface area contributed by atoms with Crippen LogP contribution >= 0.6 is 15.9 Å². The maximum absolute atomic E-state index is 4.39. The van der Waals surface area contributed by atoms with Crippen LogP contribution in [-0.4, -0.2) is 36.1 Å². The Morgan fingerprint density at radius 3 is 2.78 bits per heavy atom. The molecule has 1 aromatic heterocycles. The van der Waals surface area contributed by atoms with Gasteiger partial charge in [0.15, 0.2) is 0 Å². The van der Waals surface area contributed by atoms with E-state index < -0.39 is 0 Å². The quantitative estimate of drug-likeness (QED) is 0.590. The molecule has 3 nitrogen and oxygen atoms in total. The molecule has 0 spiro atoms. The first-order valence-corrected chi connectivity index (χ1v) is 7.41. The molecule has 4 heteroatoms. The molecule has 0 aromatic carbocycles. The smallest absolute Gasteiger partial charge is 0.106 e. The van der Waals surface area contributed by atoms with Crippen LogP contribution in [0.2, 0.25) is 0 Å². The molecule has 0 radical (unpaired) electrons. The molecule has 0 aliphatic rings. The van der Waals surface area contributed by atoms with E-state index in [0.29, 0.717) is 6.04 Å². The van der Waals surface area contributed by atoms with Crippen LogP contribution in [0.15, 0.2) is 22.8 Å². The number of unbranched alkanes of at least 4 members (excludes halogenated alkanes) is 1. The van der Waals surface area contributed by atoms with Crippen LogP contribution in [-0.2, 0) is 6.54 Å². The fraction of sp³-hybridized carbons (Fsp3) is 0.643. The summed E-state index contributed by atoms with van der Waals surface area (Å²) in [6, 6.07) is 6.66. The number of pyridine rings is 1. The van der Waals surface area contributed by atoms with Crippen LogP contribution in [0.4, 0.5) is 0 Å². The monoisotopic (exact) mass is 313 g/mol. The summed E-state index contributed by atoms with van der Waals surface area (Å²) < 4.78 is 0.903. The molecule has 0 aliphatic heterocycles. The Hall–Kier alpha value is -0.450. The van der Waals surface area contributed by atoms with Crippen molar-refractivity contribution in [3.8, 4) is 0 Å². The van der Waals surface area contributed by atoms with Gasteiger partial charge in [0.2, 0.25) is 0 Å². The number of halogens is 1. The zero-order valence-electron chi connectivity index (χ0n) is 11.6. The molecule has 1 heterocycles. The summed E-state index contributed by atoms with van der Waals surface area (Å²) in [6.07, 6.45) is 2.46. The van der Waals surface area contributed by atoms with Gasteiger partial charge in [-0.3, -0.25) is 0 Å². The third-order valence-corrected chi connectivity index (χ3v) is 3.52. The summed E-state index contributed by atoms with van der Waals surface area (Å²) in [5, 5.41) is 3.43. The Morgan fingerprint density at radius 1 is 1.33 bits per heavy atom. The second-order valence-electron chi connectivity index (χ2n) is 4.91. The summed E-state index contributed by atoms with van der Waals surface area (Å²) in [4.78, 5) is 6.77. The standard InChI is InChI=1S/C14H24BrN3/c1-12(2)18(3)10-5-4-9-16-11-13-7-6-8-14(15)17-13/h6-8,12,16H,4-5,9-11H2,1-3H3. The molecule has 0 fully saturated rings. The Bertz CT molecular complexity index is 342. The van der Waals surface area contributed by atoms with Gasteiger partial charge in [-0.05, 0) is 74.9 Å². The summed E-state index contributed by atoms with van der Waals surface area (Å²) >= 11 is 3.38. The first-order chi connectivity index (χ1) is 8.59. The average Bonchev–Trinajstić information content (AvgIpc) is 2.33. The summed E-state index contributed by atoms with van der Waals surface area (Å²) in [6.45, 7) is 7.54. The molecule has 1 aromatic rings. The van der Waals surface area contributed by atoms with E-state index in [1.165, 1.54) is 19.4 Å². The van der Waals surface area contributed by atoms with Gasteiger partial charge >= 0.3 is 0 Å². The molecule has 102 valence electrons. The molecule has 0 saturated heterocycles. The zero-order valence-corrected chi connectivity index (χ0v) is 13.2.